The molecular formula is C55H106O6. The molecule has 1 unspecified atom stereocenters. The number of unbranched alkanes of at least 4 members (excludes halogenated alkanes) is 36. The predicted molar refractivity (Wildman–Crippen MR) is 261 cm³/mol. The molecule has 0 fully saturated rings. The van der Waals surface area contributed by atoms with Crippen LogP contribution < -0.4 is 0 Å². The van der Waals surface area contributed by atoms with Crippen LogP contribution in [0.3, 0.4) is 0 Å². The van der Waals surface area contributed by atoms with E-state index >= 15 is 0 Å². The van der Waals surface area contributed by atoms with Gasteiger partial charge in [-0.15, -0.1) is 0 Å². The van der Waals surface area contributed by atoms with Gasteiger partial charge in [0.25, 0.3) is 0 Å². The van der Waals surface area contributed by atoms with E-state index in [0.29, 0.717) is 19.3 Å². The van der Waals surface area contributed by atoms with Crippen molar-refractivity contribution in [1.82, 2.24) is 0 Å². The highest BCUT2D eigenvalue weighted by atomic mass is 16.6. The molecule has 0 aliphatic heterocycles. The number of ether oxygens (including phenoxy) is 3. The number of esters is 3. The lowest BCUT2D eigenvalue weighted by molar-refractivity contribution is -0.167. The van der Waals surface area contributed by atoms with Crippen LogP contribution in [-0.2, 0) is 28.6 Å². The minimum atomic E-state index is -0.759. The smallest absolute Gasteiger partial charge is 0.306 e. The van der Waals surface area contributed by atoms with E-state index in [1.807, 2.05) is 0 Å². The number of rotatable bonds is 50. The average molecular weight is 863 g/mol. The molecule has 0 amide bonds. The summed E-state index contributed by atoms with van der Waals surface area (Å²) in [5.41, 5.74) is 0. The summed E-state index contributed by atoms with van der Waals surface area (Å²) >= 11 is 0. The van der Waals surface area contributed by atoms with E-state index in [1.54, 1.807) is 0 Å². The highest BCUT2D eigenvalue weighted by Crippen LogP contribution is 2.18. The Kier molecular flexibility index (Phi) is 48.1. The van der Waals surface area contributed by atoms with E-state index in [1.165, 1.54) is 205 Å². The van der Waals surface area contributed by atoms with Crippen molar-refractivity contribution in [3.63, 3.8) is 0 Å². The second-order valence-corrected chi connectivity index (χ2v) is 19.1. The second kappa shape index (κ2) is 49.4. The highest BCUT2D eigenvalue weighted by molar-refractivity contribution is 5.71. The third-order valence-electron chi connectivity index (χ3n) is 12.9. The van der Waals surface area contributed by atoms with Crippen molar-refractivity contribution in [3.8, 4) is 0 Å². The molecule has 0 radical (unpaired) electrons. The molecule has 0 heterocycles. The van der Waals surface area contributed by atoms with E-state index in [-0.39, 0.29) is 31.1 Å². The van der Waals surface area contributed by atoms with E-state index in [2.05, 4.69) is 27.7 Å². The molecule has 6 nitrogen and oxygen atoms in total. The number of hydrogen-bond donors (Lipinski definition) is 0. The van der Waals surface area contributed by atoms with Crippen molar-refractivity contribution in [1.29, 1.82) is 0 Å². The average Bonchev–Trinajstić information content (AvgIpc) is 3.26. The van der Waals surface area contributed by atoms with Crippen LogP contribution in [0.1, 0.15) is 310 Å². The summed E-state index contributed by atoms with van der Waals surface area (Å²) < 4.78 is 16.8. The molecule has 2 atom stereocenters. The molecule has 0 N–H and O–H groups in total. The first-order valence-electron chi connectivity index (χ1n) is 27.4. The maximum Gasteiger partial charge on any atom is 0.306 e. The lowest BCUT2D eigenvalue weighted by Crippen LogP contribution is -2.30. The molecule has 61 heavy (non-hydrogen) atoms. The van der Waals surface area contributed by atoms with Crippen LogP contribution in [0.15, 0.2) is 0 Å². The van der Waals surface area contributed by atoms with Crippen molar-refractivity contribution < 1.29 is 28.6 Å². The van der Waals surface area contributed by atoms with Crippen LogP contribution in [-0.4, -0.2) is 37.2 Å². The fraction of sp³-hybridized carbons (Fsp3) is 0.945. The van der Waals surface area contributed by atoms with Gasteiger partial charge in [-0.25, -0.2) is 0 Å². The van der Waals surface area contributed by atoms with Gasteiger partial charge in [0.15, 0.2) is 6.10 Å². The summed E-state index contributed by atoms with van der Waals surface area (Å²) in [6.07, 6.45) is 52.4. The maximum atomic E-state index is 12.7. The van der Waals surface area contributed by atoms with Crippen LogP contribution in [0.4, 0.5) is 0 Å². The van der Waals surface area contributed by atoms with Crippen molar-refractivity contribution in [2.75, 3.05) is 13.2 Å². The zero-order chi connectivity index (χ0) is 44.5. The Morgan fingerprint density at radius 3 is 0.852 bits per heavy atom. The Hall–Kier alpha value is -1.59. The van der Waals surface area contributed by atoms with Crippen LogP contribution in [0.25, 0.3) is 0 Å². The van der Waals surface area contributed by atoms with Crippen molar-refractivity contribution in [2.24, 2.45) is 5.92 Å². The minimum Gasteiger partial charge on any atom is -0.462 e. The first-order valence-corrected chi connectivity index (χ1v) is 27.4. The third kappa shape index (κ3) is 47.7. The van der Waals surface area contributed by atoms with E-state index < -0.39 is 6.10 Å². The summed E-state index contributed by atoms with van der Waals surface area (Å²) in [5, 5.41) is 0. The predicted octanol–water partition coefficient (Wildman–Crippen LogP) is 17.8. The second-order valence-electron chi connectivity index (χ2n) is 19.1. The Balaban J connectivity index is 4.13. The van der Waals surface area contributed by atoms with Gasteiger partial charge in [-0.2, -0.15) is 0 Å². The largest absolute Gasteiger partial charge is 0.462 e. The molecule has 0 bridgehead atoms. The number of carbonyl (C=O) groups is 3. The Bertz CT molecular complexity index is 920. The van der Waals surface area contributed by atoms with Crippen molar-refractivity contribution in [2.45, 2.75) is 316 Å². The standard InChI is InChI=1S/C55H106O6/c1-5-8-10-12-14-16-17-27-31-34-38-42-46-53(56)59-49-52(61-55(58)48-44-40-36-29-15-13-11-9-6-2)50-60-54(57)47-43-39-35-32-28-25-23-21-19-18-20-22-24-26-30-33-37-41-45-51(4)7-3/h51-52H,5-50H2,1-4H3/t51?,52-/m1/s1. The molecule has 0 aliphatic rings. The molecule has 6 heteroatoms. The van der Waals surface area contributed by atoms with Crippen molar-refractivity contribution in [3.05, 3.63) is 0 Å². The molecule has 362 valence electrons. The zero-order valence-corrected chi connectivity index (χ0v) is 41.6. The molecule has 0 saturated carbocycles. The minimum absolute atomic E-state index is 0.0625. The summed E-state index contributed by atoms with van der Waals surface area (Å²) in [6.45, 7) is 9.07. The molecular weight excluding hydrogens is 757 g/mol. The van der Waals surface area contributed by atoms with Gasteiger partial charge in [0.05, 0.1) is 0 Å². The topological polar surface area (TPSA) is 78.9 Å². The summed E-state index contributed by atoms with van der Waals surface area (Å²) in [5.74, 6) is 0.0656. The van der Waals surface area contributed by atoms with Crippen molar-refractivity contribution >= 4 is 17.9 Å². The van der Waals surface area contributed by atoms with Gasteiger partial charge in [-0.1, -0.05) is 272 Å². The first kappa shape index (κ1) is 59.4. The Labute approximate surface area is 380 Å². The van der Waals surface area contributed by atoms with E-state index in [4.69, 9.17) is 14.2 Å². The molecule has 0 rings (SSSR count). The van der Waals surface area contributed by atoms with Gasteiger partial charge in [0.1, 0.15) is 13.2 Å². The maximum absolute atomic E-state index is 12.7. The third-order valence-corrected chi connectivity index (χ3v) is 12.9. The molecule has 0 aromatic rings. The normalized spacial score (nSPS) is 12.4. The zero-order valence-electron chi connectivity index (χ0n) is 41.6. The fourth-order valence-electron chi connectivity index (χ4n) is 8.36. The summed E-state index contributed by atoms with van der Waals surface area (Å²) in [7, 11) is 0. The molecule has 0 saturated heterocycles. The van der Waals surface area contributed by atoms with Gasteiger partial charge < -0.3 is 14.2 Å². The lowest BCUT2D eigenvalue weighted by atomic mass is 9.99. The molecule has 0 aromatic carbocycles. The Morgan fingerprint density at radius 1 is 0.328 bits per heavy atom. The van der Waals surface area contributed by atoms with Gasteiger partial charge in [0, 0.05) is 19.3 Å². The summed E-state index contributed by atoms with van der Waals surface area (Å²) in [6, 6.07) is 0. The molecule has 0 aromatic heterocycles. The fourth-order valence-corrected chi connectivity index (χ4v) is 8.36. The number of hydrogen-bond acceptors (Lipinski definition) is 6. The highest BCUT2D eigenvalue weighted by Gasteiger charge is 2.19. The molecule has 0 aliphatic carbocycles. The van der Waals surface area contributed by atoms with Crippen LogP contribution >= 0.6 is 0 Å². The monoisotopic (exact) mass is 863 g/mol. The van der Waals surface area contributed by atoms with E-state index in [9.17, 15) is 14.4 Å². The van der Waals surface area contributed by atoms with E-state index in [0.717, 1.165) is 63.7 Å². The van der Waals surface area contributed by atoms with Gasteiger partial charge in [-0.05, 0) is 25.2 Å². The van der Waals surface area contributed by atoms with Crippen LogP contribution in [0.2, 0.25) is 0 Å². The molecule has 0 spiro atoms. The SMILES string of the molecule is CCCCCCCCCCCCCCC(=O)OC[C@H](COC(=O)CCCCCCCCCCCCCCCCCCCCC(C)CC)OC(=O)CCCCCCCCCCC. The Morgan fingerprint density at radius 2 is 0.574 bits per heavy atom. The van der Waals surface area contributed by atoms with Crippen LogP contribution in [0, 0.1) is 5.92 Å². The summed E-state index contributed by atoms with van der Waals surface area (Å²) in [4.78, 5) is 37.9. The van der Waals surface area contributed by atoms with Gasteiger partial charge in [0.2, 0.25) is 0 Å². The number of carbonyl (C=O) groups excluding carboxylic acids is 3. The van der Waals surface area contributed by atoms with Gasteiger partial charge >= 0.3 is 17.9 Å². The van der Waals surface area contributed by atoms with Gasteiger partial charge in [-0.3, -0.25) is 14.4 Å². The van der Waals surface area contributed by atoms with Crippen LogP contribution in [0.5, 0.6) is 0 Å². The lowest BCUT2D eigenvalue weighted by Gasteiger charge is -2.18. The quantitative estimate of drug-likeness (QED) is 0.0344. The first-order chi connectivity index (χ1) is 29.9.